The van der Waals surface area contributed by atoms with Crippen molar-refractivity contribution >= 4 is 52.5 Å². The van der Waals surface area contributed by atoms with Crippen LogP contribution in [-0.2, 0) is 14.3 Å². The predicted octanol–water partition coefficient (Wildman–Crippen LogP) is 2.39. The number of methoxy groups -OCH3 is 2. The van der Waals surface area contributed by atoms with Crippen LogP contribution in [0.15, 0.2) is 23.1 Å². The number of hydrogen-bond donors (Lipinski definition) is 3. The fraction of sp³-hybridized carbons (Fsp3) is 0.308. The van der Waals surface area contributed by atoms with Crippen molar-refractivity contribution in [3.8, 4) is 0 Å². The van der Waals surface area contributed by atoms with Crippen LogP contribution in [-0.4, -0.2) is 37.3 Å². The molecule has 3 N–H and O–H groups in total. The largest absolute Gasteiger partial charge is 0.453 e. The van der Waals surface area contributed by atoms with E-state index in [2.05, 4.69) is 20.7 Å². The van der Waals surface area contributed by atoms with Crippen LogP contribution in [0, 0.1) is 0 Å². The van der Waals surface area contributed by atoms with Gasteiger partial charge in [0.15, 0.2) is 5.11 Å². The number of rotatable bonds is 5. The molecule has 0 atom stereocenters. The van der Waals surface area contributed by atoms with Gasteiger partial charge in [0.2, 0.25) is 5.91 Å². The summed E-state index contributed by atoms with van der Waals surface area (Å²) >= 11 is 6.49. The number of thiocarbonyl (C=S) groups is 1. The first-order chi connectivity index (χ1) is 10.5. The van der Waals surface area contributed by atoms with E-state index < -0.39 is 6.09 Å². The number of nitrogens with one attached hydrogen (secondary N) is 3. The molecule has 0 heterocycles. The van der Waals surface area contributed by atoms with Crippen molar-refractivity contribution < 1.29 is 19.1 Å². The zero-order chi connectivity index (χ0) is 16.5. The molecule has 0 aliphatic heterocycles. The third-order valence-electron chi connectivity index (χ3n) is 2.29. The van der Waals surface area contributed by atoms with Crippen molar-refractivity contribution in [2.45, 2.75) is 11.8 Å². The molecule has 0 aromatic heterocycles. The lowest BCUT2D eigenvalue weighted by atomic mass is 10.2. The number of ether oxygens (including phenoxy) is 2. The minimum absolute atomic E-state index is 0.0624. The summed E-state index contributed by atoms with van der Waals surface area (Å²) in [6.45, 7) is 1.41. The maximum absolute atomic E-state index is 11.2. The molecule has 120 valence electrons. The number of carbonyl (C=O) groups is 2. The average molecular weight is 343 g/mol. The van der Waals surface area contributed by atoms with Crippen molar-refractivity contribution in [1.82, 2.24) is 5.32 Å². The lowest BCUT2D eigenvalue weighted by Crippen LogP contribution is -2.34. The van der Waals surface area contributed by atoms with Crippen LogP contribution in [0.5, 0.6) is 0 Å². The van der Waals surface area contributed by atoms with Gasteiger partial charge in [-0.3, -0.25) is 10.1 Å². The Morgan fingerprint density at radius 2 is 1.95 bits per heavy atom. The van der Waals surface area contributed by atoms with E-state index in [4.69, 9.17) is 17.0 Å². The van der Waals surface area contributed by atoms with Gasteiger partial charge in [0, 0.05) is 18.9 Å². The molecule has 0 saturated carbocycles. The van der Waals surface area contributed by atoms with Gasteiger partial charge in [-0.25, -0.2) is 4.79 Å². The Kier molecular flexibility index (Phi) is 7.64. The Morgan fingerprint density at radius 1 is 1.23 bits per heavy atom. The van der Waals surface area contributed by atoms with Gasteiger partial charge >= 0.3 is 6.09 Å². The fourth-order valence-electron chi connectivity index (χ4n) is 1.44. The summed E-state index contributed by atoms with van der Waals surface area (Å²) in [5, 5.41) is 7.93. The first-order valence-electron chi connectivity index (χ1n) is 6.15. The van der Waals surface area contributed by atoms with E-state index in [0.717, 1.165) is 4.90 Å². The van der Waals surface area contributed by atoms with Crippen molar-refractivity contribution in [1.29, 1.82) is 0 Å². The van der Waals surface area contributed by atoms with Gasteiger partial charge in [-0.15, -0.1) is 0 Å². The maximum Gasteiger partial charge on any atom is 0.413 e. The van der Waals surface area contributed by atoms with E-state index in [1.807, 2.05) is 6.07 Å². The molecule has 0 unspecified atom stereocenters. The van der Waals surface area contributed by atoms with E-state index in [-0.39, 0.29) is 11.0 Å². The minimum Gasteiger partial charge on any atom is -0.453 e. The summed E-state index contributed by atoms with van der Waals surface area (Å²) in [6, 6.07) is 5.37. The summed E-state index contributed by atoms with van der Waals surface area (Å²) in [7, 11) is 2.84. The zero-order valence-corrected chi connectivity index (χ0v) is 14.0. The molecule has 7 nitrogen and oxygen atoms in total. The van der Waals surface area contributed by atoms with Gasteiger partial charge in [-0.1, -0.05) is 11.8 Å². The molecule has 9 heteroatoms. The highest BCUT2D eigenvalue weighted by Gasteiger charge is 2.10. The van der Waals surface area contributed by atoms with E-state index in [1.165, 1.54) is 25.8 Å². The highest BCUT2D eigenvalue weighted by Crippen LogP contribution is 2.28. The van der Waals surface area contributed by atoms with Crippen LogP contribution in [0.1, 0.15) is 6.92 Å². The van der Waals surface area contributed by atoms with Crippen LogP contribution < -0.4 is 16.0 Å². The second kappa shape index (κ2) is 9.23. The molecule has 1 rings (SSSR count). The van der Waals surface area contributed by atoms with Crippen LogP contribution in [0.2, 0.25) is 0 Å². The molecule has 1 aromatic rings. The first kappa shape index (κ1) is 18.2. The minimum atomic E-state index is -0.677. The number of carbonyl (C=O) groups excluding carboxylic acids is 2. The fourth-order valence-corrected chi connectivity index (χ4v) is 2.25. The van der Waals surface area contributed by atoms with E-state index in [0.29, 0.717) is 17.3 Å². The van der Waals surface area contributed by atoms with Crippen molar-refractivity contribution in [2.75, 3.05) is 30.8 Å². The first-order valence-corrected chi connectivity index (χ1v) is 7.55. The Balaban J connectivity index is 2.92. The zero-order valence-electron chi connectivity index (χ0n) is 12.4. The molecule has 22 heavy (non-hydrogen) atoms. The van der Waals surface area contributed by atoms with Crippen LogP contribution in [0.25, 0.3) is 0 Å². The second-order valence-electron chi connectivity index (χ2n) is 4.01. The quantitative estimate of drug-likeness (QED) is 0.430. The van der Waals surface area contributed by atoms with Crippen LogP contribution in [0.4, 0.5) is 16.2 Å². The van der Waals surface area contributed by atoms with Gasteiger partial charge in [-0.05, 0) is 30.4 Å². The van der Waals surface area contributed by atoms with Crippen molar-refractivity contribution in [3.05, 3.63) is 18.2 Å². The number of amides is 2. The van der Waals surface area contributed by atoms with E-state index in [9.17, 15) is 9.59 Å². The standard InChI is InChI=1S/C13H17N3O4S2/c1-8(17)14-10-5-4-9(22-7-19-2)6-11(10)15-12(21)16-13(18)20-3/h4-6H,7H2,1-3H3,(H,14,17)(H2,15,16,18,21). The van der Waals surface area contributed by atoms with E-state index >= 15 is 0 Å². The highest BCUT2D eigenvalue weighted by atomic mass is 32.2. The Hall–Kier alpha value is -1.84. The van der Waals surface area contributed by atoms with Gasteiger partial charge in [-0.2, -0.15) is 0 Å². The van der Waals surface area contributed by atoms with Crippen LogP contribution >= 0.6 is 24.0 Å². The topological polar surface area (TPSA) is 88.7 Å². The number of thioether (sulfide) groups is 1. The molecular weight excluding hydrogens is 326 g/mol. The van der Waals surface area contributed by atoms with Crippen LogP contribution in [0.3, 0.4) is 0 Å². The molecule has 0 fully saturated rings. The van der Waals surface area contributed by atoms with Gasteiger partial charge < -0.3 is 20.1 Å². The van der Waals surface area contributed by atoms with Gasteiger partial charge in [0.05, 0.1) is 24.4 Å². The summed E-state index contributed by atoms with van der Waals surface area (Å²) in [5.41, 5.74) is 1.10. The maximum atomic E-state index is 11.2. The van der Waals surface area contributed by atoms with Crippen molar-refractivity contribution in [3.63, 3.8) is 0 Å². The average Bonchev–Trinajstić information content (AvgIpc) is 2.46. The number of benzene rings is 1. The SMILES string of the molecule is COCSc1ccc(NC(C)=O)c(NC(=S)NC(=O)OC)c1. The molecule has 0 radical (unpaired) electrons. The molecule has 1 aromatic carbocycles. The third-order valence-corrected chi connectivity index (χ3v) is 3.44. The Bertz CT molecular complexity index is 566. The predicted molar refractivity (Wildman–Crippen MR) is 90.2 cm³/mol. The van der Waals surface area contributed by atoms with Gasteiger partial charge in [0.1, 0.15) is 0 Å². The molecule has 0 bridgehead atoms. The summed E-state index contributed by atoms with van der Waals surface area (Å²) in [5.74, 6) is 0.274. The van der Waals surface area contributed by atoms with Gasteiger partial charge in [0.25, 0.3) is 0 Å². The molecule has 0 spiro atoms. The lowest BCUT2D eigenvalue weighted by molar-refractivity contribution is -0.114. The summed E-state index contributed by atoms with van der Waals surface area (Å²) in [6.07, 6.45) is -0.677. The molecule has 0 saturated heterocycles. The smallest absolute Gasteiger partial charge is 0.413 e. The Labute approximate surface area is 138 Å². The monoisotopic (exact) mass is 343 g/mol. The number of hydrogen-bond acceptors (Lipinski definition) is 6. The molecule has 0 aliphatic rings. The number of alkyl carbamates (subject to hydrolysis) is 1. The third kappa shape index (κ3) is 6.29. The second-order valence-corrected chi connectivity index (χ2v) is 5.41. The molecular formula is C13H17N3O4S2. The summed E-state index contributed by atoms with van der Waals surface area (Å²) < 4.78 is 9.46. The van der Waals surface area contributed by atoms with Crippen molar-refractivity contribution in [2.24, 2.45) is 0 Å². The number of anilines is 2. The normalized spacial score (nSPS) is 9.77. The summed E-state index contributed by atoms with van der Waals surface area (Å²) in [4.78, 5) is 23.3. The Morgan fingerprint density at radius 3 is 2.55 bits per heavy atom. The molecule has 2 amide bonds. The molecule has 0 aliphatic carbocycles. The lowest BCUT2D eigenvalue weighted by Gasteiger charge is -2.14. The highest BCUT2D eigenvalue weighted by molar-refractivity contribution is 7.99. The van der Waals surface area contributed by atoms with E-state index in [1.54, 1.807) is 19.2 Å².